The highest BCUT2D eigenvalue weighted by molar-refractivity contribution is 6.55. The third-order valence-corrected chi connectivity index (χ3v) is 2.88. The van der Waals surface area contributed by atoms with Crippen LogP contribution in [0.1, 0.15) is 32.6 Å². The van der Waals surface area contributed by atoms with E-state index in [0.717, 1.165) is 0 Å². The van der Waals surface area contributed by atoms with Gasteiger partial charge in [-0.1, -0.05) is 51.7 Å². The highest BCUT2D eigenvalue weighted by atomic mass is 28.3. The fourth-order valence-electron chi connectivity index (χ4n) is 0.905. The molecule has 10 heavy (non-hydrogen) atoms. The summed E-state index contributed by atoms with van der Waals surface area (Å²) in [5, 5.41) is 0. The molecular weight excluding hydrogens is 143 g/mol. The smallest absolute Gasteiger partial charge is 0.0412 e. The van der Waals surface area contributed by atoms with E-state index in [0.29, 0.717) is 0 Å². The molecule has 2 heteroatoms. The molecule has 0 heterocycles. The van der Waals surface area contributed by atoms with E-state index >= 15 is 0 Å². The minimum absolute atomic E-state index is 0. The van der Waals surface area contributed by atoms with Gasteiger partial charge in [-0.25, -0.2) is 0 Å². The first kappa shape index (κ1) is 12.8. The Bertz CT molecular complexity index is 55.2. The number of rotatable bonds is 5. The van der Waals surface area contributed by atoms with Crippen molar-refractivity contribution >= 4 is 8.80 Å². The summed E-state index contributed by atoms with van der Waals surface area (Å²) in [5.74, 6) is 0. The van der Waals surface area contributed by atoms with E-state index in [9.17, 15) is 0 Å². The molecule has 1 radical (unpaired) electrons. The molecule has 0 aromatic carbocycles. The van der Waals surface area contributed by atoms with Crippen LogP contribution in [0.5, 0.6) is 0 Å². The van der Waals surface area contributed by atoms with Gasteiger partial charge in [-0.2, -0.15) is 0 Å². The molecule has 0 saturated heterocycles. The Morgan fingerprint density at radius 1 is 1.00 bits per heavy atom. The average molecular weight is 163 g/mol. The number of unbranched alkanes of at least 4 members (excludes halogenated alkanes) is 3. The van der Waals surface area contributed by atoms with E-state index in [1.165, 1.54) is 31.7 Å². The van der Waals surface area contributed by atoms with Crippen LogP contribution >= 0.6 is 0 Å². The molecule has 0 bridgehead atoms. The highest BCUT2D eigenvalue weighted by Crippen LogP contribution is 2.05. The Balaban J connectivity index is 0. The summed E-state index contributed by atoms with van der Waals surface area (Å²) in [7, 11) is 0.0849. The van der Waals surface area contributed by atoms with Crippen LogP contribution in [0, 0.1) is 0 Å². The van der Waals surface area contributed by atoms with Crippen molar-refractivity contribution in [3.05, 3.63) is 0 Å². The molecular formula is C8H20FSi. The molecule has 0 atom stereocenters. The third kappa shape index (κ3) is 11.0. The third-order valence-electron chi connectivity index (χ3n) is 1.53. The highest BCUT2D eigenvalue weighted by Gasteiger charge is 1.93. The van der Waals surface area contributed by atoms with Gasteiger partial charge >= 0.3 is 0 Å². The molecule has 63 valence electrons. The maximum atomic E-state index is 2.40. The van der Waals surface area contributed by atoms with Gasteiger partial charge in [-0.05, 0) is 0 Å². The second-order valence-corrected chi connectivity index (χ2v) is 5.93. The first-order valence-electron chi connectivity index (χ1n) is 4.06. The Morgan fingerprint density at radius 2 is 1.60 bits per heavy atom. The van der Waals surface area contributed by atoms with Crippen LogP contribution in [0.15, 0.2) is 0 Å². The summed E-state index contributed by atoms with van der Waals surface area (Å²) < 4.78 is 0. The Kier molecular flexibility index (Phi) is 11.7. The summed E-state index contributed by atoms with van der Waals surface area (Å²) in [6.07, 6.45) is 5.76. The summed E-state index contributed by atoms with van der Waals surface area (Å²) in [6, 6.07) is 1.52. The lowest BCUT2D eigenvalue weighted by molar-refractivity contribution is 0.699. The van der Waals surface area contributed by atoms with Crippen molar-refractivity contribution in [2.45, 2.75) is 51.7 Å². The van der Waals surface area contributed by atoms with Gasteiger partial charge in [-0.15, -0.1) is 0 Å². The molecule has 0 aromatic rings. The molecule has 0 aliphatic rings. The molecule has 0 aliphatic heterocycles. The number of halogens is 1. The molecule has 0 fully saturated rings. The molecule has 0 amide bonds. The zero-order chi connectivity index (χ0) is 7.11. The van der Waals surface area contributed by atoms with Crippen LogP contribution in [0.25, 0.3) is 0 Å². The second kappa shape index (κ2) is 9.15. The fourth-order valence-corrected chi connectivity index (χ4v) is 1.86. The van der Waals surface area contributed by atoms with Crippen molar-refractivity contribution in [3.8, 4) is 0 Å². The molecule has 0 unspecified atom stereocenters. The predicted molar refractivity (Wildman–Crippen MR) is 48.9 cm³/mol. The molecule has 0 nitrogen and oxygen atoms in total. The summed E-state index contributed by atoms with van der Waals surface area (Å²) in [4.78, 5) is 0. The minimum atomic E-state index is 0. The first-order valence-corrected chi connectivity index (χ1v) is 6.77. The predicted octanol–water partition coefficient (Wildman–Crippen LogP) is 3.47. The summed E-state index contributed by atoms with van der Waals surface area (Å²) in [6.45, 7) is 7.07. The topological polar surface area (TPSA) is 0 Å². The lowest BCUT2D eigenvalue weighted by atomic mass is 10.2. The van der Waals surface area contributed by atoms with Gasteiger partial charge in [0.2, 0.25) is 0 Å². The van der Waals surface area contributed by atoms with Crippen molar-refractivity contribution in [1.29, 1.82) is 0 Å². The van der Waals surface area contributed by atoms with Crippen LogP contribution in [-0.2, 0) is 0 Å². The van der Waals surface area contributed by atoms with Gasteiger partial charge in [0, 0.05) is 8.80 Å². The van der Waals surface area contributed by atoms with E-state index < -0.39 is 0 Å². The number of hydrogen-bond donors (Lipinski definition) is 0. The van der Waals surface area contributed by atoms with Crippen LogP contribution < -0.4 is 0 Å². The normalized spacial score (nSPS) is 9.60. The Morgan fingerprint density at radius 3 is 2.00 bits per heavy atom. The standard InChI is InChI=1S/C8H19Si.FH/c1-4-5-6-7-8-9(2)3;/h4-8H2,1-3H3;1H. The Labute approximate surface area is 66.0 Å². The van der Waals surface area contributed by atoms with E-state index in [2.05, 4.69) is 20.0 Å². The van der Waals surface area contributed by atoms with Crippen molar-refractivity contribution in [3.63, 3.8) is 0 Å². The summed E-state index contributed by atoms with van der Waals surface area (Å²) >= 11 is 0. The average Bonchev–Trinajstić information content (AvgIpc) is 1.80. The molecule has 0 saturated carbocycles. The van der Waals surface area contributed by atoms with Gasteiger partial charge in [0.15, 0.2) is 0 Å². The molecule has 0 aromatic heterocycles. The van der Waals surface area contributed by atoms with E-state index in [1.807, 2.05) is 0 Å². The van der Waals surface area contributed by atoms with Crippen LogP contribution in [-0.4, -0.2) is 8.80 Å². The molecule has 0 rings (SSSR count). The second-order valence-electron chi connectivity index (χ2n) is 3.02. The molecule has 0 aliphatic carbocycles. The van der Waals surface area contributed by atoms with Gasteiger partial charge in [0.05, 0.1) is 0 Å². The Hall–Kier alpha value is 0.147. The van der Waals surface area contributed by atoms with Gasteiger partial charge in [-0.3, -0.25) is 4.70 Å². The van der Waals surface area contributed by atoms with E-state index in [-0.39, 0.29) is 13.5 Å². The first-order chi connectivity index (χ1) is 4.27. The number of hydrogen-bond acceptors (Lipinski definition) is 0. The lowest BCUT2D eigenvalue weighted by Gasteiger charge is -2.00. The van der Waals surface area contributed by atoms with Crippen LogP contribution in [0.4, 0.5) is 4.70 Å². The van der Waals surface area contributed by atoms with Crippen molar-refractivity contribution < 1.29 is 4.70 Å². The minimum Gasteiger partial charge on any atom is -0.269 e. The van der Waals surface area contributed by atoms with Crippen LogP contribution in [0.3, 0.4) is 0 Å². The van der Waals surface area contributed by atoms with E-state index in [1.54, 1.807) is 0 Å². The molecule has 0 N–H and O–H groups in total. The quantitative estimate of drug-likeness (QED) is 0.430. The monoisotopic (exact) mass is 163 g/mol. The van der Waals surface area contributed by atoms with Crippen molar-refractivity contribution in [1.82, 2.24) is 0 Å². The van der Waals surface area contributed by atoms with Gasteiger partial charge < -0.3 is 0 Å². The molecule has 0 spiro atoms. The summed E-state index contributed by atoms with van der Waals surface area (Å²) in [5.41, 5.74) is 0. The van der Waals surface area contributed by atoms with Crippen molar-refractivity contribution in [2.24, 2.45) is 0 Å². The van der Waals surface area contributed by atoms with Crippen molar-refractivity contribution in [2.75, 3.05) is 0 Å². The zero-order valence-electron chi connectivity index (χ0n) is 7.44. The fraction of sp³-hybridized carbons (Fsp3) is 1.00. The zero-order valence-corrected chi connectivity index (χ0v) is 8.44. The maximum absolute atomic E-state index is 2.40. The largest absolute Gasteiger partial charge is 0.269 e. The SMILES string of the molecule is CCCCCC[Si](C)C.F. The van der Waals surface area contributed by atoms with E-state index in [4.69, 9.17) is 0 Å². The lowest BCUT2D eigenvalue weighted by Crippen LogP contribution is -1.97. The van der Waals surface area contributed by atoms with Gasteiger partial charge in [0.1, 0.15) is 0 Å². The van der Waals surface area contributed by atoms with Gasteiger partial charge in [0.25, 0.3) is 0 Å². The van der Waals surface area contributed by atoms with Crippen LogP contribution in [0.2, 0.25) is 19.1 Å². The maximum Gasteiger partial charge on any atom is 0.0412 e.